The summed E-state index contributed by atoms with van der Waals surface area (Å²) in [6.07, 6.45) is 1.99. The number of ether oxygens (including phenoxy) is 2. The Labute approximate surface area is 128 Å². The van der Waals surface area contributed by atoms with Gasteiger partial charge in [-0.05, 0) is 37.1 Å². The van der Waals surface area contributed by atoms with Gasteiger partial charge in [0, 0.05) is 13.1 Å². The summed E-state index contributed by atoms with van der Waals surface area (Å²) < 4.78 is 11.0. The Morgan fingerprint density at radius 3 is 3.05 bits per heavy atom. The zero-order valence-electron chi connectivity index (χ0n) is 11.8. The molecule has 2 heterocycles. The van der Waals surface area contributed by atoms with Crippen LogP contribution < -0.4 is 20.1 Å². The highest BCUT2D eigenvalue weighted by molar-refractivity contribution is 6.32. The lowest BCUT2D eigenvalue weighted by atomic mass is 9.99. The van der Waals surface area contributed by atoms with Crippen molar-refractivity contribution in [2.75, 3.05) is 26.3 Å². The number of hydrogen-bond donors (Lipinski definition) is 2. The van der Waals surface area contributed by atoms with Gasteiger partial charge in [-0.15, -0.1) is 0 Å². The van der Waals surface area contributed by atoms with Crippen LogP contribution in [0.3, 0.4) is 0 Å². The van der Waals surface area contributed by atoms with Crippen LogP contribution in [-0.2, 0) is 11.3 Å². The molecule has 1 aromatic rings. The van der Waals surface area contributed by atoms with Gasteiger partial charge in [0.15, 0.2) is 11.5 Å². The van der Waals surface area contributed by atoms with E-state index in [2.05, 4.69) is 10.6 Å². The maximum atomic E-state index is 12.1. The van der Waals surface area contributed by atoms with Gasteiger partial charge in [-0.2, -0.15) is 0 Å². The molecule has 0 bridgehead atoms. The van der Waals surface area contributed by atoms with E-state index in [1.807, 2.05) is 12.1 Å². The second-order valence-corrected chi connectivity index (χ2v) is 5.77. The molecule has 0 aromatic heterocycles. The summed E-state index contributed by atoms with van der Waals surface area (Å²) in [5.41, 5.74) is 0.918. The molecule has 1 unspecified atom stereocenters. The summed E-state index contributed by atoms with van der Waals surface area (Å²) in [4.78, 5) is 12.1. The van der Waals surface area contributed by atoms with Crippen LogP contribution in [0, 0.1) is 5.92 Å². The molecule has 21 heavy (non-hydrogen) atoms. The summed E-state index contributed by atoms with van der Waals surface area (Å²) >= 11 is 6.18. The number of piperidine rings is 1. The van der Waals surface area contributed by atoms with E-state index in [9.17, 15) is 4.79 Å². The van der Waals surface area contributed by atoms with E-state index in [1.54, 1.807) is 0 Å². The molecule has 1 amide bonds. The first kappa shape index (κ1) is 14.5. The quantitative estimate of drug-likeness (QED) is 0.892. The normalized spacial score (nSPS) is 20.9. The second-order valence-electron chi connectivity index (χ2n) is 5.36. The van der Waals surface area contributed by atoms with Gasteiger partial charge in [0.2, 0.25) is 5.91 Å². The van der Waals surface area contributed by atoms with E-state index in [0.717, 1.165) is 31.5 Å². The van der Waals surface area contributed by atoms with Gasteiger partial charge >= 0.3 is 0 Å². The molecule has 3 rings (SSSR count). The van der Waals surface area contributed by atoms with Gasteiger partial charge in [0.25, 0.3) is 0 Å². The van der Waals surface area contributed by atoms with Gasteiger partial charge in [-0.25, -0.2) is 0 Å². The van der Waals surface area contributed by atoms with Gasteiger partial charge in [0.1, 0.15) is 13.2 Å². The van der Waals surface area contributed by atoms with Crippen molar-refractivity contribution in [3.63, 3.8) is 0 Å². The fourth-order valence-electron chi connectivity index (χ4n) is 2.68. The molecule has 1 atom stereocenters. The maximum absolute atomic E-state index is 12.1. The minimum Gasteiger partial charge on any atom is -0.486 e. The number of nitrogens with one attached hydrogen (secondary N) is 2. The third-order valence-electron chi connectivity index (χ3n) is 3.79. The number of rotatable bonds is 3. The van der Waals surface area contributed by atoms with Crippen LogP contribution in [-0.4, -0.2) is 32.2 Å². The smallest absolute Gasteiger partial charge is 0.224 e. The first-order chi connectivity index (χ1) is 10.2. The molecule has 2 aliphatic rings. The number of fused-ring (bicyclic) bond motifs is 1. The van der Waals surface area contributed by atoms with E-state index in [4.69, 9.17) is 21.1 Å². The van der Waals surface area contributed by atoms with Crippen molar-refractivity contribution in [2.24, 2.45) is 5.92 Å². The summed E-state index contributed by atoms with van der Waals surface area (Å²) in [5, 5.41) is 6.74. The van der Waals surface area contributed by atoms with Crippen molar-refractivity contribution in [3.05, 3.63) is 22.7 Å². The molecule has 1 fully saturated rings. The largest absolute Gasteiger partial charge is 0.486 e. The topological polar surface area (TPSA) is 59.6 Å². The molecule has 0 radical (unpaired) electrons. The Morgan fingerprint density at radius 2 is 2.24 bits per heavy atom. The Balaban J connectivity index is 1.62. The SMILES string of the molecule is O=C(NCc1cc(Cl)c2c(c1)OCCO2)C1CCCNC1. The monoisotopic (exact) mass is 310 g/mol. The Kier molecular flexibility index (Phi) is 4.51. The predicted octanol–water partition coefficient (Wildman–Crippen LogP) is 1.73. The molecule has 5 nitrogen and oxygen atoms in total. The minimum atomic E-state index is 0.0615. The molecule has 6 heteroatoms. The maximum Gasteiger partial charge on any atom is 0.224 e. The van der Waals surface area contributed by atoms with Crippen LogP contribution in [0.5, 0.6) is 11.5 Å². The standard InChI is InChI=1S/C15H19ClN2O3/c16-12-6-10(7-13-14(12)21-5-4-20-13)8-18-15(19)11-2-1-3-17-9-11/h6-7,11,17H,1-5,8-9H2,(H,18,19). The molecule has 2 aliphatic heterocycles. The Hall–Kier alpha value is -1.46. The van der Waals surface area contributed by atoms with Crippen LogP contribution in [0.15, 0.2) is 12.1 Å². The highest BCUT2D eigenvalue weighted by Crippen LogP contribution is 2.38. The van der Waals surface area contributed by atoms with Crippen LogP contribution in [0.2, 0.25) is 5.02 Å². The van der Waals surface area contributed by atoms with Gasteiger partial charge in [-0.3, -0.25) is 4.79 Å². The predicted molar refractivity (Wildman–Crippen MR) is 79.9 cm³/mol. The summed E-state index contributed by atoms with van der Waals surface area (Å²) in [6.45, 7) is 3.24. The second kappa shape index (κ2) is 6.54. The van der Waals surface area contributed by atoms with Crippen molar-refractivity contribution in [2.45, 2.75) is 19.4 Å². The van der Waals surface area contributed by atoms with Crippen molar-refractivity contribution < 1.29 is 14.3 Å². The number of carbonyl (C=O) groups excluding carboxylic acids is 1. The molecule has 1 aromatic carbocycles. The number of amides is 1. The highest BCUT2D eigenvalue weighted by atomic mass is 35.5. The lowest BCUT2D eigenvalue weighted by molar-refractivity contribution is -0.125. The van der Waals surface area contributed by atoms with Crippen LogP contribution in [0.25, 0.3) is 0 Å². The molecule has 0 saturated carbocycles. The lowest BCUT2D eigenvalue weighted by Gasteiger charge is -2.22. The lowest BCUT2D eigenvalue weighted by Crippen LogP contribution is -2.40. The van der Waals surface area contributed by atoms with Crippen LogP contribution in [0.4, 0.5) is 0 Å². The van der Waals surface area contributed by atoms with Crippen molar-refractivity contribution in [1.82, 2.24) is 10.6 Å². The van der Waals surface area contributed by atoms with Gasteiger partial charge in [-0.1, -0.05) is 11.6 Å². The number of hydrogen-bond acceptors (Lipinski definition) is 4. The zero-order valence-corrected chi connectivity index (χ0v) is 12.5. The van der Waals surface area contributed by atoms with Gasteiger partial charge in [0.05, 0.1) is 10.9 Å². The van der Waals surface area contributed by atoms with Crippen molar-refractivity contribution in [1.29, 1.82) is 0 Å². The van der Waals surface area contributed by atoms with E-state index < -0.39 is 0 Å². The third kappa shape index (κ3) is 3.41. The Morgan fingerprint density at radius 1 is 1.38 bits per heavy atom. The van der Waals surface area contributed by atoms with Crippen LogP contribution in [0.1, 0.15) is 18.4 Å². The summed E-state index contributed by atoms with van der Waals surface area (Å²) in [7, 11) is 0. The van der Waals surface area contributed by atoms with Crippen LogP contribution >= 0.6 is 11.6 Å². The minimum absolute atomic E-state index is 0.0615. The van der Waals surface area contributed by atoms with Crippen molar-refractivity contribution >= 4 is 17.5 Å². The molecular formula is C15H19ClN2O3. The molecule has 2 N–H and O–H groups in total. The fraction of sp³-hybridized carbons (Fsp3) is 0.533. The number of carbonyl (C=O) groups is 1. The van der Waals surface area contributed by atoms with E-state index in [0.29, 0.717) is 36.3 Å². The number of benzene rings is 1. The molecule has 0 spiro atoms. The average molecular weight is 311 g/mol. The molecule has 1 saturated heterocycles. The summed E-state index contributed by atoms with van der Waals surface area (Å²) in [6, 6.07) is 3.69. The summed E-state index contributed by atoms with van der Waals surface area (Å²) in [5.74, 6) is 1.39. The number of halogens is 1. The fourth-order valence-corrected chi connectivity index (χ4v) is 2.96. The molecule has 114 valence electrons. The molecular weight excluding hydrogens is 292 g/mol. The highest BCUT2D eigenvalue weighted by Gasteiger charge is 2.21. The Bertz CT molecular complexity index is 530. The van der Waals surface area contributed by atoms with Gasteiger partial charge < -0.3 is 20.1 Å². The van der Waals surface area contributed by atoms with Crippen molar-refractivity contribution in [3.8, 4) is 11.5 Å². The third-order valence-corrected chi connectivity index (χ3v) is 4.07. The molecule has 0 aliphatic carbocycles. The first-order valence-corrected chi connectivity index (χ1v) is 7.68. The van der Waals surface area contributed by atoms with E-state index in [-0.39, 0.29) is 11.8 Å². The first-order valence-electron chi connectivity index (χ1n) is 7.30. The zero-order chi connectivity index (χ0) is 14.7. The van der Waals surface area contributed by atoms with E-state index in [1.165, 1.54) is 0 Å². The average Bonchev–Trinajstić information content (AvgIpc) is 2.53. The van der Waals surface area contributed by atoms with E-state index >= 15 is 0 Å².